The summed E-state index contributed by atoms with van der Waals surface area (Å²) in [4.78, 5) is 41.9. The summed E-state index contributed by atoms with van der Waals surface area (Å²) in [5, 5.41) is 13.0. The quantitative estimate of drug-likeness (QED) is 0.622. The van der Waals surface area contributed by atoms with E-state index < -0.39 is 17.9 Å². The van der Waals surface area contributed by atoms with Gasteiger partial charge in [-0.15, -0.1) is 0 Å². The van der Waals surface area contributed by atoms with E-state index in [1.165, 1.54) is 0 Å². The molecule has 0 aliphatic carbocycles. The first-order chi connectivity index (χ1) is 14.7. The van der Waals surface area contributed by atoms with Crippen molar-refractivity contribution in [2.75, 3.05) is 13.2 Å². The van der Waals surface area contributed by atoms with Crippen molar-refractivity contribution in [3.63, 3.8) is 0 Å². The van der Waals surface area contributed by atoms with Crippen molar-refractivity contribution in [1.82, 2.24) is 10.2 Å². The second kappa shape index (κ2) is 9.61. The number of amides is 1. The van der Waals surface area contributed by atoms with Crippen LogP contribution in [0.5, 0.6) is 0 Å². The zero-order valence-corrected chi connectivity index (χ0v) is 19.0. The maximum atomic E-state index is 13.6. The van der Waals surface area contributed by atoms with Crippen LogP contribution >= 0.6 is 0 Å². The van der Waals surface area contributed by atoms with Crippen LogP contribution in [0.3, 0.4) is 0 Å². The van der Waals surface area contributed by atoms with Crippen molar-refractivity contribution in [2.45, 2.75) is 83.3 Å². The van der Waals surface area contributed by atoms with E-state index in [-0.39, 0.29) is 42.0 Å². The molecule has 0 spiro atoms. The van der Waals surface area contributed by atoms with Gasteiger partial charge in [0, 0.05) is 12.5 Å². The van der Waals surface area contributed by atoms with E-state index in [1.807, 2.05) is 51.1 Å². The lowest BCUT2D eigenvalue weighted by molar-refractivity contribution is -0.157. The highest BCUT2D eigenvalue weighted by Gasteiger charge is 2.60. The molecule has 170 valence electrons. The van der Waals surface area contributed by atoms with E-state index in [0.29, 0.717) is 19.3 Å². The minimum Gasteiger partial charge on any atom is -0.388 e. The molecule has 6 nitrogen and oxygen atoms in total. The molecule has 0 bridgehead atoms. The molecule has 0 unspecified atom stereocenters. The van der Waals surface area contributed by atoms with Gasteiger partial charge in [-0.05, 0) is 56.0 Å². The SMILES string of the molecule is CC(C)(C)[C@H]1CC[C@@](C(=O)CO)(C(=O)CCCc2ccccc2)N1C(=O)[C@@H]1CCCN1. The van der Waals surface area contributed by atoms with Crippen molar-refractivity contribution >= 4 is 17.5 Å². The molecule has 3 atom stereocenters. The van der Waals surface area contributed by atoms with Gasteiger partial charge in [0.1, 0.15) is 6.61 Å². The van der Waals surface area contributed by atoms with Crippen LogP contribution < -0.4 is 5.32 Å². The number of carbonyl (C=O) groups excluding carboxylic acids is 3. The largest absolute Gasteiger partial charge is 0.388 e. The van der Waals surface area contributed by atoms with Crippen LogP contribution in [0.4, 0.5) is 0 Å². The first kappa shape index (κ1) is 23.6. The first-order valence-electron chi connectivity index (χ1n) is 11.5. The number of likely N-dealkylation sites (tertiary alicyclic amines) is 1. The van der Waals surface area contributed by atoms with E-state index in [0.717, 1.165) is 24.9 Å². The van der Waals surface area contributed by atoms with Gasteiger partial charge in [-0.2, -0.15) is 0 Å². The normalized spacial score (nSPS) is 26.3. The minimum atomic E-state index is -1.55. The summed E-state index contributed by atoms with van der Waals surface area (Å²) in [7, 11) is 0. The lowest BCUT2D eigenvalue weighted by Crippen LogP contribution is -2.65. The number of aliphatic hydroxyl groups excluding tert-OH is 1. The topological polar surface area (TPSA) is 86.7 Å². The second-order valence-corrected chi connectivity index (χ2v) is 9.98. The molecular formula is C25H36N2O4. The highest BCUT2D eigenvalue weighted by Crippen LogP contribution is 2.44. The number of aliphatic hydroxyl groups is 1. The smallest absolute Gasteiger partial charge is 0.241 e. The van der Waals surface area contributed by atoms with Crippen molar-refractivity contribution in [3.05, 3.63) is 35.9 Å². The van der Waals surface area contributed by atoms with Gasteiger partial charge in [-0.25, -0.2) is 0 Å². The average Bonchev–Trinajstić information content (AvgIpc) is 3.42. The molecular weight excluding hydrogens is 392 g/mol. The van der Waals surface area contributed by atoms with Gasteiger partial charge >= 0.3 is 0 Å². The number of benzene rings is 1. The van der Waals surface area contributed by atoms with Crippen LogP contribution in [0.15, 0.2) is 30.3 Å². The van der Waals surface area contributed by atoms with Gasteiger partial charge in [0.25, 0.3) is 0 Å². The summed E-state index contributed by atoms with van der Waals surface area (Å²) in [5.41, 5.74) is -0.694. The van der Waals surface area contributed by atoms with Crippen LogP contribution in [0.25, 0.3) is 0 Å². The standard InChI is InChI=1S/C25H36N2O4/c1-24(2,3)20-14-15-25(22(30)17-28,27(20)23(31)19-12-8-16-26-19)21(29)13-7-11-18-9-5-4-6-10-18/h4-6,9-10,19-20,26,28H,7-8,11-17H2,1-3H3/t19-,20+,25-/m0/s1. The Hall–Kier alpha value is -2.05. The van der Waals surface area contributed by atoms with Crippen LogP contribution in [-0.2, 0) is 20.8 Å². The van der Waals surface area contributed by atoms with Crippen LogP contribution in [0.2, 0.25) is 0 Å². The Kier molecular flexibility index (Phi) is 7.32. The highest BCUT2D eigenvalue weighted by molar-refractivity contribution is 6.15. The molecule has 0 saturated carbocycles. The second-order valence-electron chi connectivity index (χ2n) is 9.98. The number of aryl methyl sites for hydroxylation is 1. The van der Waals surface area contributed by atoms with Gasteiger partial charge in [-0.3, -0.25) is 14.4 Å². The summed E-state index contributed by atoms with van der Waals surface area (Å²) in [6.45, 7) is 6.15. The van der Waals surface area contributed by atoms with E-state index in [2.05, 4.69) is 5.32 Å². The summed E-state index contributed by atoms with van der Waals surface area (Å²) in [6, 6.07) is 9.33. The Morgan fingerprint density at radius 3 is 2.42 bits per heavy atom. The highest BCUT2D eigenvalue weighted by atomic mass is 16.3. The fourth-order valence-corrected chi connectivity index (χ4v) is 5.22. The molecule has 2 aliphatic rings. The minimum absolute atomic E-state index is 0.173. The van der Waals surface area contributed by atoms with Gasteiger partial charge in [-0.1, -0.05) is 51.1 Å². The summed E-state index contributed by atoms with van der Waals surface area (Å²) in [5.74, 6) is -0.955. The molecule has 1 amide bonds. The first-order valence-corrected chi connectivity index (χ1v) is 11.5. The fourth-order valence-electron chi connectivity index (χ4n) is 5.22. The number of Topliss-reactive ketones (excluding diaryl/α,β-unsaturated/α-hetero) is 2. The molecule has 2 heterocycles. The van der Waals surface area contributed by atoms with Crippen LogP contribution in [0.1, 0.15) is 64.9 Å². The molecule has 31 heavy (non-hydrogen) atoms. The maximum absolute atomic E-state index is 13.6. The molecule has 3 rings (SSSR count). The Balaban J connectivity index is 1.89. The lowest BCUT2D eigenvalue weighted by atomic mass is 9.83. The number of nitrogens with one attached hydrogen (secondary N) is 1. The zero-order valence-electron chi connectivity index (χ0n) is 19.0. The van der Waals surface area contributed by atoms with Crippen molar-refractivity contribution < 1.29 is 19.5 Å². The maximum Gasteiger partial charge on any atom is 0.241 e. The van der Waals surface area contributed by atoms with Gasteiger partial charge < -0.3 is 15.3 Å². The molecule has 1 aromatic rings. The third-order valence-corrected chi connectivity index (χ3v) is 6.88. The number of ketones is 2. The number of hydrogen-bond acceptors (Lipinski definition) is 5. The molecule has 2 fully saturated rings. The van der Waals surface area contributed by atoms with Crippen molar-refractivity contribution in [2.24, 2.45) is 5.41 Å². The summed E-state index contributed by atoms with van der Waals surface area (Å²) >= 11 is 0. The van der Waals surface area contributed by atoms with E-state index in [9.17, 15) is 19.5 Å². The number of hydrogen-bond donors (Lipinski definition) is 2. The van der Waals surface area contributed by atoms with Gasteiger partial charge in [0.2, 0.25) is 5.91 Å². The molecule has 0 radical (unpaired) electrons. The Morgan fingerprint density at radius 2 is 1.84 bits per heavy atom. The van der Waals surface area contributed by atoms with Crippen LogP contribution in [0, 0.1) is 5.41 Å². The Bertz CT molecular complexity index is 795. The van der Waals surface area contributed by atoms with Gasteiger partial charge in [0.05, 0.1) is 6.04 Å². The van der Waals surface area contributed by atoms with E-state index in [4.69, 9.17) is 0 Å². The summed E-state index contributed by atoms with van der Waals surface area (Å²) < 4.78 is 0. The third kappa shape index (κ3) is 4.75. The average molecular weight is 429 g/mol. The molecule has 6 heteroatoms. The number of nitrogens with zero attached hydrogens (tertiary/aromatic N) is 1. The molecule has 2 aliphatic heterocycles. The predicted octanol–water partition coefficient (Wildman–Crippen LogP) is 2.67. The van der Waals surface area contributed by atoms with E-state index >= 15 is 0 Å². The molecule has 1 aromatic carbocycles. The third-order valence-electron chi connectivity index (χ3n) is 6.88. The Morgan fingerprint density at radius 1 is 1.13 bits per heavy atom. The van der Waals surface area contributed by atoms with Crippen LogP contribution in [-0.4, -0.2) is 58.3 Å². The molecule has 0 aromatic heterocycles. The molecule has 2 N–H and O–H groups in total. The fraction of sp³-hybridized carbons (Fsp3) is 0.640. The Labute approximate surface area is 185 Å². The van der Waals surface area contributed by atoms with Crippen molar-refractivity contribution in [3.8, 4) is 0 Å². The lowest BCUT2D eigenvalue weighted by Gasteiger charge is -2.44. The monoisotopic (exact) mass is 428 g/mol. The van der Waals surface area contributed by atoms with Gasteiger partial charge in [0.15, 0.2) is 17.1 Å². The molecule has 2 saturated heterocycles. The predicted molar refractivity (Wildman–Crippen MR) is 120 cm³/mol. The number of carbonyl (C=O) groups is 3. The summed E-state index contributed by atoms with van der Waals surface area (Å²) in [6.07, 6.45) is 4.02. The zero-order chi connectivity index (χ0) is 22.6. The number of rotatable bonds is 8. The van der Waals surface area contributed by atoms with Crippen molar-refractivity contribution in [1.29, 1.82) is 0 Å². The van der Waals surface area contributed by atoms with E-state index in [1.54, 1.807) is 4.90 Å².